The van der Waals surface area contributed by atoms with Crippen molar-refractivity contribution in [1.29, 1.82) is 0 Å². The normalized spacial score (nSPS) is 10.4. The molecule has 4 nitrogen and oxygen atoms in total. The van der Waals surface area contributed by atoms with Crippen molar-refractivity contribution >= 4 is 29.7 Å². The summed E-state index contributed by atoms with van der Waals surface area (Å²) in [5.74, 6) is 0.699. The maximum absolute atomic E-state index is 8.80. The molecule has 6 heteroatoms. The molecule has 0 aliphatic carbocycles. The second kappa shape index (κ2) is 4.83. The van der Waals surface area contributed by atoms with Crippen LogP contribution < -0.4 is 9.39 Å². The highest BCUT2D eigenvalue weighted by atomic mass is 35.5. The SMILES string of the molecule is COc1c(OB(O)O)ccc2cc(Cl)ccc12. The molecule has 0 aliphatic rings. The fourth-order valence-electron chi connectivity index (χ4n) is 1.67. The Hall–Kier alpha value is -1.43. The van der Waals surface area contributed by atoms with Gasteiger partial charge >= 0.3 is 7.32 Å². The van der Waals surface area contributed by atoms with Gasteiger partial charge in [-0.25, -0.2) is 0 Å². The summed E-state index contributed by atoms with van der Waals surface area (Å²) in [7, 11) is -0.395. The Morgan fingerprint density at radius 3 is 2.59 bits per heavy atom. The van der Waals surface area contributed by atoms with Gasteiger partial charge in [-0.1, -0.05) is 17.7 Å². The molecular weight excluding hydrogens is 242 g/mol. The van der Waals surface area contributed by atoms with Crippen molar-refractivity contribution in [3.05, 3.63) is 35.4 Å². The van der Waals surface area contributed by atoms with Crippen LogP contribution in [0.5, 0.6) is 11.5 Å². The molecule has 0 amide bonds. The predicted octanol–water partition coefficient (Wildman–Crippen LogP) is 1.85. The van der Waals surface area contributed by atoms with Crippen LogP contribution in [-0.2, 0) is 0 Å². The molecule has 2 aromatic carbocycles. The van der Waals surface area contributed by atoms with Crippen molar-refractivity contribution in [2.45, 2.75) is 0 Å². The highest BCUT2D eigenvalue weighted by Crippen LogP contribution is 2.36. The Morgan fingerprint density at radius 1 is 1.18 bits per heavy atom. The molecule has 0 atom stereocenters. The molecule has 0 aliphatic heterocycles. The van der Waals surface area contributed by atoms with Crippen molar-refractivity contribution in [1.82, 2.24) is 0 Å². The van der Waals surface area contributed by atoms with Gasteiger partial charge in [0.1, 0.15) is 5.75 Å². The van der Waals surface area contributed by atoms with E-state index in [1.54, 1.807) is 30.3 Å². The van der Waals surface area contributed by atoms with Crippen LogP contribution in [0.1, 0.15) is 0 Å². The van der Waals surface area contributed by atoms with Crippen LogP contribution in [0.3, 0.4) is 0 Å². The van der Waals surface area contributed by atoms with Crippen molar-refractivity contribution in [3.8, 4) is 11.5 Å². The van der Waals surface area contributed by atoms with E-state index in [0.29, 0.717) is 10.8 Å². The van der Waals surface area contributed by atoms with E-state index in [1.807, 2.05) is 0 Å². The summed E-state index contributed by atoms with van der Waals surface area (Å²) in [6.45, 7) is 0. The molecule has 2 N–H and O–H groups in total. The smallest absolute Gasteiger partial charge is 0.509 e. The minimum absolute atomic E-state index is 0.261. The minimum atomic E-state index is -1.88. The number of methoxy groups -OCH3 is 1. The zero-order chi connectivity index (χ0) is 12.4. The summed E-state index contributed by atoms with van der Waals surface area (Å²) in [6, 6.07) is 8.66. The highest BCUT2D eigenvalue weighted by Gasteiger charge is 2.16. The summed E-state index contributed by atoms with van der Waals surface area (Å²) in [4.78, 5) is 0. The van der Waals surface area contributed by atoms with E-state index in [9.17, 15) is 0 Å². The highest BCUT2D eigenvalue weighted by molar-refractivity contribution is 6.34. The quantitative estimate of drug-likeness (QED) is 0.819. The topological polar surface area (TPSA) is 58.9 Å². The second-order valence-electron chi connectivity index (χ2n) is 3.41. The number of ether oxygens (including phenoxy) is 1. The second-order valence-corrected chi connectivity index (χ2v) is 3.84. The van der Waals surface area contributed by atoms with Crippen molar-refractivity contribution in [3.63, 3.8) is 0 Å². The van der Waals surface area contributed by atoms with E-state index < -0.39 is 7.32 Å². The molecule has 0 spiro atoms. The van der Waals surface area contributed by atoms with Crippen molar-refractivity contribution in [2.24, 2.45) is 0 Å². The molecular formula is C11H10BClO4. The maximum atomic E-state index is 8.80. The van der Waals surface area contributed by atoms with Gasteiger partial charge in [-0.2, -0.15) is 0 Å². The Morgan fingerprint density at radius 2 is 1.94 bits per heavy atom. The lowest BCUT2D eigenvalue weighted by Crippen LogP contribution is -2.20. The fraction of sp³-hybridized carbons (Fsp3) is 0.0909. The third-order valence-corrected chi connectivity index (χ3v) is 2.57. The number of fused-ring (bicyclic) bond motifs is 1. The lowest BCUT2D eigenvalue weighted by atomic mass is 10.1. The van der Waals surface area contributed by atoms with Crippen LogP contribution in [0, 0.1) is 0 Å². The Kier molecular flexibility index (Phi) is 3.42. The third-order valence-electron chi connectivity index (χ3n) is 2.33. The predicted molar refractivity (Wildman–Crippen MR) is 66.3 cm³/mol. The Balaban J connectivity index is 2.60. The van der Waals surface area contributed by atoms with E-state index >= 15 is 0 Å². The molecule has 0 bridgehead atoms. The molecule has 0 aromatic heterocycles. The average molecular weight is 252 g/mol. The monoisotopic (exact) mass is 252 g/mol. The first-order valence-corrected chi connectivity index (χ1v) is 5.28. The summed E-state index contributed by atoms with van der Waals surface area (Å²) in [5, 5.41) is 19.9. The fourth-order valence-corrected chi connectivity index (χ4v) is 1.85. The molecule has 2 rings (SSSR count). The van der Waals surface area contributed by atoms with E-state index in [-0.39, 0.29) is 5.75 Å². The van der Waals surface area contributed by atoms with Gasteiger partial charge in [-0.15, -0.1) is 0 Å². The van der Waals surface area contributed by atoms with Crippen LogP contribution >= 0.6 is 11.6 Å². The first-order chi connectivity index (χ1) is 8.11. The molecule has 0 radical (unpaired) electrons. The van der Waals surface area contributed by atoms with Gasteiger partial charge in [-0.3, -0.25) is 0 Å². The van der Waals surface area contributed by atoms with Gasteiger partial charge in [0.25, 0.3) is 0 Å². The third kappa shape index (κ3) is 2.47. The summed E-state index contributed by atoms with van der Waals surface area (Å²) < 4.78 is 10.0. The van der Waals surface area contributed by atoms with Crippen LogP contribution in [0.25, 0.3) is 10.8 Å². The summed E-state index contributed by atoms with van der Waals surface area (Å²) >= 11 is 5.89. The molecule has 2 aromatic rings. The summed E-state index contributed by atoms with van der Waals surface area (Å²) in [6.07, 6.45) is 0. The average Bonchev–Trinajstić information content (AvgIpc) is 2.28. The van der Waals surface area contributed by atoms with Gasteiger partial charge in [0, 0.05) is 10.4 Å². The van der Waals surface area contributed by atoms with Crippen LogP contribution in [0.15, 0.2) is 30.3 Å². The van der Waals surface area contributed by atoms with Crippen LogP contribution in [0.4, 0.5) is 0 Å². The van der Waals surface area contributed by atoms with E-state index in [1.165, 1.54) is 7.11 Å². The molecule has 88 valence electrons. The number of hydrogen-bond acceptors (Lipinski definition) is 4. The van der Waals surface area contributed by atoms with Crippen LogP contribution in [-0.4, -0.2) is 24.5 Å². The number of rotatable bonds is 3. The lowest BCUT2D eigenvalue weighted by Gasteiger charge is -2.12. The van der Waals surface area contributed by atoms with Gasteiger partial charge < -0.3 is 19.4 Å². The molecule has 17 heavy (non-hydrogen) atoms. The largest absolute Gasteiger partial charge is 0.707 e. The van der Waals surface area contributed by atoms with Gasteiger partial charge in [0.2, 0.25) is 0 Å². The number of halogens is 1. The number of benzene rings is 2. The van der Waals surface area contributed by atoms with Gasteiger partial charge in [-0.05, 0) is 29.7 Å². The molecule has 0 saturated heterocycles. The molecule has 0 saturated carbocycles. The van der Waals surface area contributed by atoms with Gasteiger partial charge in [0.05, 0.1) is 7.11 Å². The van der Waals surface area contributed by atoms with Crippen molar-refractivity contribution < 1.29 is 19.4 Å². The van der Waals surface area contributed by atoms with Gasteiger partial charge in [0.15, 0.2) is 5.75 Å². The Bertz CT molecular complexity index is 544. The maximum Gasteiger partial charge on any atom is 0.707 e. The standard InChI is InChI=1S/C11H10BClO4/c1-16-11-9-4-3-8(13)6-7(9)2-5-10(11)17-12(14)15/h2-6,14-15H,1H3. The molecule has 0 heterocycles. The van der Waals surface area contributed by atoms with E-state index in [2.05, 4.69) is 0 Å². The summed E-state index contributed by atoms with van der Waals surface area (Å²) in [5.41, 5.74) is 0. The molecule has 0 unspecified atom stereocenters. The van der Waals surface area contributed by atoms with E-state index in [0.717, 1.165) is 10.8 Å². The van der Waals surface area contributed by atoms with Crippen LogP contribution in [0.2, 0.25) is 5.02 Å². The Labute approximate surface area is 104 Å². The number of hydrogen-bond donors (Lipinski definition) is 2. The van der Waals surface area contributed by atoms with Crippen molar-refractivity contribution in [2.75, 3.05) is 7.11 Å². The minimum Gasteiger partial charge on any atom is -0.509 e. The van der Waals surface area contributed by atoms with E-state index in [4.69, 9.17) is 31.0 Å². The lowest BCUT2D eigenvalue weighted by molar-refractivity contribution is 0.280. The first kappa shape index (κ1) is 12.0. The first-order valence-electron chi connectivity index (χ1n) is 4.91. The molecule has 0 fully saturated rings. The zero-order valence-corrected chi connectivity index (χ0v) is 9.81. The zero-order valence-electron chi connectivity index (χ0n) is 9.05.